The lowest BCUT2D eigenvalue weighted by molar-refractivity contribution is -0.147. The molecule has 1 heterocycles. The zero-order chi connectivity index (χ0) is 10.7. The fourth-order valence-corrected chi connectivity index (χ4v) is 2.37. The van der Waals surface area contributed by atoms with E-state index in [4.69, 9.17) is 4.74 Å². The SMILES string of the molecule is O=C(OCC1CCCC1)[C@@H]1C[C@H](O)CN1. The summed E-state index contributed by atoms with van der Waals surface area (Å²) in [4.78, 5) is 11.6. The molecule has 1 saturated carbocycles. The second-order valence-corrected chi connectivity index (χ2v) is 4.63. The number of esters is 1. The predicted molar refractivity (Wildman–Crippen MR) is 55.3 cm³/mol. The molecule has 4 nitrogen and oxygen atoms in total. The summed E-state index contributed by atoms with van der Waals surface area (Å²) in [5.41, 5.74) is 0. The van der Waals surface area contributed by atoms with Crippen LogP contribution >= 0.6 is 0 Å². The second-order valence-electron chi connectivity index (χ2n) is 4.63. The molecule has 1 aliphatic carbocycles. The summed E-state index contributed by atoms with van der Waals surface area (Å²) in [5, 5.41) is 12.2. The van der Waals surface area contributed by atoms with E-state index in [2.05, 4.69) is 5.32 Å². The molecule has 0 aromatic rings. The number of rotatable bonds is 3. The van der Waals surface area contributed by atoms with Crippen molar-refractivity contribution < 1.29 is 14.6 Å². The Morgan fingerprint density at radius 2 is 2.13 bits per heavy atom. The summed E-state index contributed by atoms with van der Waals surface area (Å²) in [6.07, 6.45) is 5.01. The summed E-state index contributed by atoms with van der Waals surface area (Å²) in [5.74, 6) is 0.374. The molecule has 0 aromatic carbocycles. The van der Waals surface area contributed by atoms with Crippen molar-refractivity contribution in [3.8, 4) is 0 Å². The first-order valence-corrected chi connectivity index (χ1v) is 5.84. The number of β-amino-alcohol motifs (C(OH)–C–C–N with tert-alkyl or cyclic N) is 1. The fraction of sp³-hybridized carbons (Fsp3) is 0.909. The molecule has 0 bridgehead atoms. The Morgan fingerprint density at radius 1 is 1.40 bits per heavy atom. The smallest absolute Gasteiger partial charge is 0.323 e. The van der Waals surface area contributed by atoms with Crippen LogP contribution in [0.2, 0.25) is 0 Å². The van der Waals surface area contributed by atoms with E-state index in [1.165, 1.54) is 25.7 Å². The average molecular weight is 213 g/mol. The Kier molecular flexibility index (Phi) is 3.59. The van der Waals surface area contributed by atoms with Crippen LogP contribution < -0.4 is 5.32 Å². The van der Waals surface area contributed by atoms with E-state index in [1.54, 1.807) is 0 Å². The lowest BCUT2D eigenvalue weighted by Gasteiger charge is -2.13. The van der Waals surface area contributed by atoms with Crippen LogP contribution in [0.4, 0.5) is 0 Å². The van der Waals surface area contributed by atoms with Crippen LogP contribution in [0.15, 0.2) is 0 Å². The van der Waals surface area contributed by atoms with Crippen LogP contribution in [0, 0.1) is 5.92 Å². The van der Waals surface area contributed by atoms with Crippen LogP contribution in [-0.4, -0.2) is 36.4 Å². The van der Waals surface area contributed by atoms with E-state index in [0.717, 1.165) is 0 Å². The van der Waals surface area contributed by atoms with E-state index >= 15 is 0 Å². The molecule has 0 radical (unpaired) electrons. The highest BCUT2D eigenvalue weighted by Gasteiger charge is 2.29. The minimum Gasteiger partial charge on any atom is -0.464 e. The molecule has 0 unspecified atom stereocenters. The highest BCUT2D eigenvalue weighted by atomic mass is 16.5. The van der Waals surface area contributed by atoms with Gasteiger partial charge in [0.05, 0.1) is 12.7 Å². The molecule has 2 atom stereocenters. The van der Waals surface area contributed by atoms with Gasteiger partial charge in [0.25, 0.3) is 0 Å². The van der Waals surface area contributed by atoms with Crippen LogP contribution in [0.1, 0.15) is 32.1 Å². The highest BCUT2D eigenvalue weighted by Crippen LogP contribution is 2.24. The van der Waals surface area contributed by atoms with Crippen LogP contribution in [0.5, 0.6) is 0 Å². The van der Waals surface area contributed by atoms with E-state index < -0.39 is 6.10 Å². The third-order valence-corrected chi connectivity index (χ3v) is 3.33. The number of ether oxygens (including phenoxy) is 1. The third-order valence-electron chi connectivity index (χ3n) is 3.33. The number of carbonyl (C=O) groups excluding carboxylic acids is 1. The molecule has 4 heteroatoms. The van der Waals surface area contributed by atoms with Gasteiger partial charge in [-0.1, -0.05) is 12.8 Å². The van der Waals surface area contributed by atoms with Crippen molar-refractivity contribution in [1.29, 1.82) is 0 Å². The lowest BCUT2D eigenvalue weighted by atomic mass is 10.1. The maximum Gasteiger partial charge on any atom is 0.323 e. The quantitative estimate of drug-likeness (QED) is 0.668. The third kappa shape index (κ3) is 2.92. The molecular formula is C11H19NO3. The molecule has 1 aliphatic heterocycles. The van der Waals surface area contributed by atoms with Gasteiger partial charge >= 0.3 is 5.97 Å². The van der Waals surface area contributed by atoms with Gasteiger partial charge in [0.1, 0.15) is 6.04 Å². The van der Waals surface area contributed by atoms with Crippen LogP contribution in [-0.2, 0) is 9.53 Å². The standard InChI is InChI=1S/C11H19NO3/c13-9-5-10(12-6-9)11(14)15-7-8-3-1-2-4-8/h8-10,12-13H,1-7H2/t9-,10-/m0/s1. The molecule has 2 rings (SSSR count). The summed E-state index contributed by atoms with van der Waals surface area (Å²) >= 11 is 0. The van der Waals surface area contributed by atoms with Crippen molar-refractivity contribution in [2.45, 2.75) is 44.2 Å². The van der Waals surface area contributed by atoms with Crippen molar-refractivity contribution in [3.05, 3.63) is 0 Å². The van der Waals surface area contributed by atoms with E-state index in [9.17, 15) is 9.90 Å². The van der Waals surface area contributed by atoms with Gasteiger partial charge < -0.3 is 15.2 Å². The first kappa shape index (κ1) is 10.9. The zero-order valence-corrected chi connectivity index (χ0v) is 8.95. The van der Waals surface area contributed by atoms with Crippen molar-refractivity contribution in [2.24, 2.45) is 5.92 Å². The topological polar surface area (TPSA) is 58.6 Å². The maximum atomic E-state index is 11.6. The summed E-state index contributed by atoms with van der Waals surface area (Å²) in [6.45, 7) is 1.07. The van der Waals surface area contributed by atoms with E-state index in [1.807, 2.05) is 0 Å². The number of hydrogen-bond acceptors (Lipinski definition) is 4. The van der Waals surface area contributed by atoms with Gasteiger partial charge in [0.15, 0.2) is 0 Å². The lowest BCUT2D eigenvalue weighted by Crippen LogP contribution is -2.33. The molecule has 2 aliphatic rings. The van der Waals surface area contributed by atoms with Gasteiger partial charge in [-0.15, -0.1) is 0 Å². The fourth-order valence-electron chi connectivity index (χ4n) is 2.37. The molecule has 0 amide bonds. The highest BCUT2D eigenvalue weighted by molar-refractivity contribution is 5.76. The molecule has 15 heavy (non-hydrogen) atoms. The largest absolute Gasteiger partial charge is 0.464 e. The van der Waals surface area contributed by atoms with Gasteiger partial charge in [-0.05, 0) is 18.8 Å². The van der Waals surface area contributed by atoms with Gasteiger partial charge in [-0.3, -0.25) is 4.79 Å². The van der Waals surface area contributed by atoms with Gasteiger partial charge in [0, 0.05) is 13.0 Å². The second kappa shape index (κ2) is 4.94. The first-order chi connectivity index (χ1) is 7.25. The van der Waals surface area contributed by atoms with Crippen molar-refractivity contribution in [3.63, 3.8) is 0 Å². The molecular weight excluding hydrogens is 194 g/mol. The maximum absolute atomic E-state index is 11.6. The Balaban J connectivity index is 1.67. The minimum atomic E-state index is -0.394. The molecule has 1 saturated heterocycles. The van der Waals surface area contributed by atoms with Gasteiger partial charge in [0.2, 0.25) is 0 Å². The van der Waals surface area contributed by atoms with E-state index in [0.29, 0.717) is 25.5 Å². The number of aliphatic hydroxyl groups is 1. The summed E-state index contributed by atoms with van der Waals surface area (Å²) in [7, 11) is 0. The molecule has 2 fully saturated rings. The normalized spacial score (nSPS) is 32.1. The number of nitrogens with one attached hydrogen (secondary N) is 1. The minimum absolute atomic E-state index is 0.196. The van der Waals surface area contributed by atoms with Crippen LogP contribution in [0.3, 0.4) is 0 Å². The van der Waals surface area contributed by atoms with Crippen molar-refractivity contribution in [2.75, 3.05) is 13.2 Å². The molecule has 0 spiro atoms. The number of hydrogen-bond donors (Lipinski definition) is 2. The van der Waals surface area contributed by atoms with Crippen molar-refractivity contribution in [1.82, 2.24) is 5.32 Å². The number of aliphatic hydroxyl groups excluding tert-OH is 1. The Bertz CT molecular complexity index is 226. The average Bonchev–Trinajstić information content (AvgIpc) is 2.84. The first-order valence-electron chi connectivity index (χ1n) is 5.84. The predicted octanol–water partition coefficient (Wildman–Crippen LogP) is 0.443. The zero-order valence-electron chi connectivity index (χ0n) is 8.95. The van der Waals surface area contributed by atoms with Crippen molar-refractivity contribution >= 4 is 5.97 Å². The Morgan fingerprint density at radius 3 is 2.73 bits per heavy atom. The van der Waals surface area contributed by atoms with Gasteiger partial charge in [-0.25, -0.2) is 0 Å². The molecule has 2 N–H and O–H groups in total. The van der Waals surface area contributed by atoms with Crippen LogP contribution in [0.25, 0.3) is 0 Å². The summed E-state index contributed by atoms with van der Waals surface area (Å²) in [6, 6.07) is -0.290. The summed E-state index contributed by atoms with van der Waals surface area (Å²) < 4.78 is 5.25. The van der Waals surface area contributed by atoms with Gasteiger partial charge in [-0.2, -0.15) is 0 Å². The van der Waals surface area contributed by atoms with E-state index in [-0.39, 0.29) is 12.0 Å². The molecule has 0 aromatic heterocycles. The monoisotopic (exact) mass is 213 g/mol. The Labute approximate surface area is 90.0 Å². The Hall–Kier alpha value is -0.610. The molecule has 86 valence electrons. The number of carbonyl (C=O) groups is 1.